The molecular formula is C20H18Cl2N2O4S. The molecular weight excluding hydrogens is 435 g/mol. The fraction of sp³-hybridized carbons (Fsp3) is 0.150. The summed E-state index contributed by atoms with van der Waals surface area (Å²) in [6.07, 6.45) is 1.01. The van der Waals surface area contributed by atoms with Gasteiger partial charge in [0, 0.05) is 27.3 Å². The lowest BCUT2D eigenvalue weighted by Crippen LogP contribution is -2.22. The number of rotatable bonds is 7. The van der Waals surface area contributed by atoms with Crippen LogP contribution in [0.1, 0.15) is 13.8 Å². The van der Waals surface area contributed by atoms with Crippen LogP contribution in [0.5, 0.6) is 0 Å². The van der Waals surface area contributed by atoms with E-state index in [0.29, 0.717) is 21.4 Å². The molecule has 29 heavy (non-hydrogen) atoms. The van der Waals surface area contributed by atoms with Crippen molar-refractivity contribution in [2.75, 3.05) is 10.6 Å². The van der Waals surface area contributed by atoms with Crippen LogP contribution in [0.15, 0.2) is 59.0 Å². The maximum absolute atomic E-state index is 12.4. The van der Waals surface area contributed by atoms with Crippen LogP contribution in [0, 0.1) is 0 Å². The number of aliphatic carboxylic acids is 1. The molecule has 0 aliphatic rings. The number of thioether (sulfide) groups is 1. The molecule has 0 aromatic heterocycles. The molecule has 2 aromatic rings. The van der Waals surface area contributed by atoms with Crippen molar-refractivity contribution in [2.24, 2.45) is 0 Å². The average molecular weight is 453 g/mol. The summed E-state index contributed by atoms with van der Waals surface area (Å²) in [5.74, 6) is -1.92. The first-order valence-corrected chi connectivity index (χ1v) is 10.0. The number of carboxylic acids is 1. The smallest absolute Gasteiger partial charge is 0.331 e. The normalized spacial score (nSPS) is 12.2. The quantitative estimate of drug-likeness (QED) is 0.401. The van der Waals surface area contributed by atoms with E-state index in [1.165, 1.54) is 18.7 Å². The highest BCUT2D eigenvalue weighted by Gasteiger charge is 2.16. The molecule has 3 N–H and O–H groups in total. The van der Waals surface area contributed by atoms with Gasteiger partial charge >= 0.3 is 5.97 Å². The van der Waals surface area contributed by atoms with Crippen LogP contribution in [0.2, 0.25) is 10.0 Å². The summed E-state index contributed by atoms with van der Waals surface area (Å²) >= 11 is 13.3. The summed E-state index contributed by atoms with van der Waals surface area (Å²) in [6.45, 7) is 3.10. The van der Waals surface area contributed by atoms with Crippen molar-refractivity contribution in [3.63, 3.8) is 0 Å². The van der Waals surface area contributed by atoms with Gasteiger partial charge in [-0.15, -0.1) is 11.8 Å². The van der Waals surface area contributed by atoms with Crippen molar-refractivity contribution >= 4 is 64.1 Å². The Morgan fingerprint density at radius 3 is 2.34 bits per heavy atom. The minimum atomic E-state index is -1.15. The first-order valence-electron chi connectivity index (χ1n) is 8.41. The monoisotopic (exact) mass is 452 g/mol. The molecule has 2 aromatic carbocycles. The second-order valence-electron chi connectivity index (χ2n) is 6.02. The SMILES string of the molecule is C/C(=C\C(=O)Nc1ccc(S[C@H](C)C(=O)Nc2cc(Cl)ccc2Cl)cc1)C(=O)O. The number of hydrogen-bond donors (Lipinski definition) is 3. The van der Waals surface area contributed by atoms with Crippen LogP contribution >= 0.6 is 35.0 Å². The Hall–Kier alpha value is -2.48. The highest BCUT2D eigenvalue weighted by molar-refractivity contribution is 8.00. The van der Waals surface area contributed by atoms with Gasteiger partial charge in [0.2, 0.25) is 11.8 Å². The van der Waals surface area contributed by atoms with Gasteiger partial charge in [-0.2, -0.15) is 0 Å². The number of halogens is 2. The Morgan fingerprint density at radius 2 is 1.72 bits per heavy atom. The molecule has 0 bridgehead atoms. The van der Waals surface area contributed by atoms with Gasteiger partial charge in [0.25, 0.3) is 0 Å². The molecule has 0 aliphatic carbocycles. The predicted octanol–water partition coefficient (Wildman–Crippen LogP) is 5.08. The average Bonchev–Trinajstić information content (AvgIpc) is 2.66. The number of amides is 2. The molecule has 0 fully saturated rings. The second kappa shape index (κ2) is 10.3. The minimum Gasteiger partial charge on any atom is -0.478 e. The van der Waals surface area contributed by atoms with Crippen LogP contribution in [0.3, 0.4) is 0 Å². The number of anilines is 2. The standard InChI is InChI=1S/C20H18Cl2N2O4S/c1-11(20(27)28)9-18(25)23-14-4-6-15(7-5-14)29-12(2)19(26)24-17-10-13(21)3-8-16(17)22/h3-10,12H,1-2H3,(H,23,25)(H,24,26)(H,27,28)/b11-9+/t12-/m1/s1. The first kappa shape index (κ1) is 22.8. The van der Waals surface area contributed by atoms with Crippen molar-refractivity contribution in [3.05, 3.63) is 64.2 Å². The number of carboxylic acid groups (broad SMARTS) is 1. The highest BCUT2D eigenvalue weighted by atomic mass is 35.5. The summed E-state index contributed by atoms with van der Waals surface area (Å²) in [4.78, 5) is 35.7. The van der Waals surface area contributed by atoms with Crippen molar-refractivity contribution in [2.45, 2.75) is 24.0 Å². The predicted molar refractivity (Wildman–Crippen MR) is 117 cm³/mol. The molecule has 0 aliphatic heterocycles. The summed E-state index contributed by atoms with van der Waals surface area (Å²) in [5, 5.41) is 14.6. The van der Waals surface area contributed by atoms with E-state index in [1.54, 1.807) is 49.4 Å². The maximum atomic E-state index is 12.4. The van der Waals surface area contributed by atoms with Gasteiger partial charge in [-0.05, 0) is 56.3 Å². The van der Waals surface area contributed by atoms with Gasteiger partial charge in [-0.1, -0.05) is 23.2 Å². The summed E-state index contributed by atoms with van der Waals surface area (Å²) in [7, 11) is 0. The van der Waals surface area contributed by atoms with Crippen LogP contribution in [0.25, 0.3) is 0 Å². The Morgan fingerprint density at radius 1 is 1.07 bits per heavy atom. The van der Waals surface area contributed by atoms with Gasteiger partial charge < -0.3 is 15.7 Å². The van der Waals surface area contributed by atoms with Crippen LogP contribution in [0.4, 0.5) is 11.4 Å². The first-order chi connectivity index (χ1) is 13.7. The number of carbonyl (C=O) groups is 3. The summed E-state index contributed by atoms with van der Waals surface area (Å²) < 4.78 is 0. The van der Waals surface area contributed by atoms with Gasteiger partial charge in [-0.3, -0.25) is 9.59 Å². The minimum absolute atomic E-state index is 0.0608. The zero-order chi connectivity index (χ0) is 21.6. The van der Waals surface area contributed by atoms with E-state index in [2.05, 4.69) is 10.6 Å². The fourth-order valence-electron chi connectivity index (χ4n) is 2.14. The third-order valence-electron chi connectivity index (χ3n) is 3.68. The lowest BCUT2D eigenvalue weighted by molar-refractivity contribution is -0.132. The Balaban J connectivity index is 1.95. The van der Waals surface area contributed by atoms with Crippen molar-refractivity contribution in [1.29, 1.82) is 0 Å². The van der Waals surface area contributed by atoms with Crippen molar-refractivity contribution < 1.29 is 19.5 Å². The largest absolute Gasteiger partial charge is 0.478 e. The van der Waals surface area contributed by atoms with E-state index in [0.717, 1.165) is 11.0 Å². The summed E-state index contributed by atoms with van der Waals surface area (Å²) in [6, 6.07) is 11.7. The van der Waals surface area contributed by atoms with Gasteiger partial charge in [-0.25, -0.2) is 4.79 Å². The van der Waals surface area contributed by atoms with E-state index < -0.39 is 17.1 Å². The maximum Gasteiger partial charge on any atom is 0.331 e. The molecule has 0 unspecified atom stereocenters. The molecule has 2 rings (SSSR count). The molecule has 0 spiro atoms. The van der Waals surface area contributed by atoms with Crippen LogP contribution in [-0.2, 0) is 14.4 Å². The van der Waals surface area contributed by atoms with Crippen molar-refractivity contribution in [3.8, 4) is 0 Å². The third-order valence-corrected chi connectivity index (χ3v) is 5.35. The van der Waals surface area contributed by atoms with Gasteiger partial charge in [0.15, 0.2) is 0 Å². The number of hydrogen-bond acceptors (Lipinski definition) is 4. The van der Waals surface area contributed by atoms with Crippen molar-refractivity contribution in [1.82, 2.24) is 0 Å². The molecule has 9 heteroatoms. The van der Waals surface area contributed by atoms with E-state index in [9.17, 15) is 14.4 Å². The van der Waals surface area contributed by atoms with E-state index in [1.807, 2.05) is 0 Å². The van der Waals surface area contributed by atoms with Crippen LogP contribution in [-0.4, -0.2) is 28.1 Å². The second-order valence-corrected chi connectivity index (χ2v) is 8.28. The fourth-order valence-corrected chi connectivity index (χ4v) is 3.34. The number of carbonyl (C=O) groups excluding carboxylic acids is 2. The Kier molecular flexibility index (Phi) is 8.13. The molecule has 0 saturated heterocycles. The zero-order valence-corrected chi connectivity index (χ0v) is 17.9. The van der Waals surface area contributed by atoms with E-state index in [4.69, 9.17) is 28.3 Å². The lowest BCUT2D eigenvalue weighted by atomic mass is 10.2. The molecule has 0 radical (unpaired) electrons. The lowest BCUT2D eigenvalue weighted by Gasteiger charge is -2.13. The van der Waals surface area contributed by atoms with Crippen LogP contribution < -0.4 is 10.6 Å². The topological polar surface area (TPSA) is 95.5 Å². The number of benzene rings is 2. The molecule has 2 amide bonds. The molecule has 1 atom stereocenters. The molecule has 0 saturated carbocycles. The Labute approximate surface area is 182 Å². The highest BCUT2D eigenvalue weighted by Crippen LogP contribution is 2.28. The number of nitrogens with one attached hydrogen (secondary N) is 2. The molecule has 152 valence electrons. The summed E-state index contributed by atoms with van der Waals surface area (Å²) in [5.41, 5.74) is 0.894. The third kappa shape index (κ3) is 7.12. The Bertz CT molecular complexity index is 961. The zero-order valence-electron chi connectivity index (χ0n) is 15.5. The van der Waals surface area contributed by atoms with E-state index >= 15 is 0 Å². The van der Waals surface area contributed by atoms with E-state index in [-0.39, 0.29) is 11.5 Å². The molecule has 0 heterocycles. The van der Waals surface area contributed by atoms with Gasteiger partial charge in [0.05, 0.1) is 16.0 Å². The van der Waals surface area contributed by atoms with Gasteiger partial charge in [0.1, 0.15) is 0 Å². The molecule has 6 nitrogen and oxygen atoms in total.